The molecular weight excluding hydrogens is 346 g/mol. The van der Waals surface area contributed by atoms with Gasteiger partial charge in [0, 0.05) is 0 Å². The van der Waals surface area contributed by atoms with Crippen molar-refractivity contribution in [2.75, 3.05) is 0 Å². The van der Waals surface area contributed by atoms with Crippen molar-refractivity contribution in [2.24, 2.45) is 0 Å². The molecule has 2 aromatic carbocycles. The smallest absolute Gasteiger partial charge is 0.256 e. The molecule has 0 saturated carbocycles. The Morgan fingerprint density at radius 1 is 1.04 bits per heavy atom. The zero-order chi connectivity index (χ0) is 17.5. The van der Waals surface area contributed by atoms with Gasteiger partial charge in [-0.25, -0.2) is 12.6 Å². The van der Waals surface area contributed by atoms with Crippen molar-refractivity contribution in [3.63, 3.8) is 0 Å². The summed E-state index contributed by atoms with van der Waals surface area (Å²) in [5.41, 5.74) is 0.779. The summed E-state index contributed by atoms with van der Waals surface area (Å²) in [5, 5.41) is 0. The molecule has 1 heterocycles. The molecule has 0 aromatic heterocycles. The van der Waals surface area contributed by atoms with Gasteiger partial charge in [0.15, 0.2) is 0 Å². The van der Waals surface area contributed by atoms with Crippen LogP contribution < -0.4 is 0 Å². The fourth-order valence-corrected chi connectivity index (χ4v) is 6.21. The van der Waals surface area contributed by atoms with E-state index in [0.29, 0.717) is 0 Å². The highest BCUT2D eigenvalue weighted by atomic mass is 32.3. The number of sulfonamides is 1. The summed E-state index contributed by atoms with van der Waals surface area (Å²) in [4.78, 5) is 0.101. The first-order valence-electron chi connectivity index (χ1n) is 7.51. The van der Waals surface area contributed by atoms with Crippen LogP contribution in [-0.2, 0) is 25.5 Å². The molecule has 128 valence electrons. The van der Waals surface area contributed by atoms with Crippen LogP contribution >= 0.6 is 0 Å². The lowest BCUT2D eigenvalue weighted by atomic mass is 9.93. The van der Waals surface area contributed by atoms with Crippen LogP contribution in [0.4, 0.5) is 0 Å². The summed E-state index contributed by atoms with van der Waals surface area (Å²) in [6, 6.07) is 14.9. The summed E-state index contributed by atoms with van der Waals surface area (Å²) < 4.78 is 45.1. The van der Waals surface area contributed by atoms with Gasteiger partial charge in [-0.2, -0.15) is 0 Å². The monoisotopic (exact) mass is 365 g/mol. The second-order valence-electron chi connectivity index (χ2n) is 6.29. The Morgan fingerprint density at radius 2 is 1.62 bits per heavy atom. The Bertz CT molecular complexity index is 861. The third kappa shape index (κ3) is 2.93. The van der Waals surface area contributed by atoms with E-state index in [0.717, 1.165) is 14.8 Å². The first-order valence-corrected chi connectivity index (χ1v) is 9.98. The quantitative estimate of drug-likeness (QED) is 0.838. The third-order valence-electron chi connectivity index (χ3n) is 3.97. The van der Waals surface area contributed by atoms with Gasteiger partial charge in [-0.05, 0) is 38.5 Å². The Hall–Kier alpha value is -1.54. The van der Waals surface area contributed by atoms with Crippen LogP contribution in [0.1, 0.15) is 31.0 Å². The van der Waals surface area contributed by atoms with Crippen LogP contribution in [-0.4, -0.2) is 21.9 Å². The summed E-state index contributed by atoms with van der Waals surface area (Å²) in [6.45, 7) is 5.36. The van der Waals surface area contributed by atoms with E-state index in [-0.39, 0.29) is 4.90 Å². The predicted molar refractivity (Wildman–Crippen MR) is 92.7 cm³/mol. The van der Waals surface area contributed by atoms with Crippen LogP contribution in [0.2, 0.25) is 0 Å². The van der Waals surface area contributed by atoms with E-state index in [9.17, 15) is 12.6 Å². The van der Waals surface area contributed by atoms with E-state index in [1.807, 2.05) is 37.3 Å². The molecule has 0 aliphatic carbocycles. The zero-order valence-corrected chi connectivity index (χ0v) is 15.3. The first-order chi connectivity index (χ1) is 11.2. The van der Waals surface area contributed by atoms with Crippen LogP contribution in [0.5, 0.6) is 0 Å². The number of nitrogens with zero attached hydrogens (tertiary/aromatic N) is 1. The maximum Gasteiger partial charge on any atom is 0.256 e. The average molecular weight is 365 g/mol. The van der Waals surface area contributed by atoms with E-state index in [2.05, 4.69) is 0 Å². The van der Waals surface area contributed by atoms with E-state index in [1.54, 1.807) is 26.0 Å². The van der Waals surface area contributed by atoms with Crippen molar-refractivity contribution in [3.05, 3.63) is 65.7 Å². The number of rotatable bonds is 3. The summed E-state index contributed by atoms with van der Waals surface area (Å²) in [5.74, 6) is 0. The third-order valence-corrected chi connectivity index (χ3v) is 7.56. The highest BCUT2D eigenvalue weighted by Crippen LogP contribution is 2.45. The molecule has 0 radical (unpaired) electrons. The molecule has 0 amide bonds. The standard InChI is InChI=1S/C17H19NO4S2/c1-13-9-11-15(12-10-13)24(20,21)18-16(14-7-5-4-6-8-14)17(2,3)22-23(18)19/h4-12,16H,1-3H3/t16?,23-/m0/s1. The van der Waals surface area contributed by atoms with Crippen LogP contribution in [0, 0.1) is 6.92 Å². The minimum atomic E-state index is -3.96. The van der Waals surface area contributed by atoms with Gasteiger partial charge in [0.2, 0.25) is 0 Å². The van der Waals surface area contributed by atoms with Gasteiger partial charge in [-0.15, -0.1) is 0 Å². The second-order valence-corrected chi connectivity index (χ2v) is 9.33. The fraction of sp³-hybridized carbons (Fsp3) is 0.294. The topological polar surface area (TPSA) is 63.7 Å². The van der Waals surface area contributed by atoms with Crippen LogP contribution in [0.15, 0.2) is 59.5 Å². The van der Waals surface area contributed by atoms with Gasteiger partial charge in [0.05, 0.1) is 10.9 Å². The molecule has 1 fully saturated rings. The highest BCUT2D eigenvalue weighted by molar-refractivity contribution is 7.99. The average Bonchev–Trinajstić information content (AvgIpc) is 2.78. The second kappa shape index (κ2) is 6.07. The van der Waals surface area contributed by atoms with Gasteiger partial charge in [-0.1, -0.05) is 51.7 Å². The Balaban J connectivity index is 2.13. The molecule has 1 saturated heterocycles. The molecule has 0 bridgehead atoms. The van der Waals surface area contributed by atoms with Crippen molar-refractivity contribution < 1.29 is 16.8 Å². The van der Waals surface area contributed by atoms with Gasteiger partial charge in [0.1, 0.15) is 5.60 Å². The zero-order valence-electron chi connectivity index (χ0n) is 13.7. The first kappa shape index (κ1) is 17.3. The van der Waals surface area contributed by atoms with Gasteiger partial charge in [0.25, 0.3) is 21.3 Å². The van der Waals surface area contributed by atoms with Crippen molar-refractivity contribution >= 4 is 21.3 Å². The molecule has 1 aliphatic heterocycles. The van der Waals surface area contributed by atoms with Crippen molar-refractivity contribution in [2.45, 2.75) is 37.3 Å². The summed E-state index contributed by atoms with van der Waals surface area (Å²) >= 11 is -2.09. The lowest BCUT2D eigenvalue weighted by Gasteiger charge is -2.27. The molecule has 1 unspecified atom stereocenters. The SMILES string of the molecule is Cc1ccc(S(=O)(=O)N2C(c3ccccc3)C(C)(C)O[S@@]2=O)cc1. The molecule has 7 heteroatoms. The van der Waals surface area contributed by atoms with Gasteiger partial charge >= 0.3 is 0 Å². The lowest BCUT2D eigenvalue weighted by molar-refractivity contribution is 0.114. The highest BCUT2D eigenvalue weighted by Gasteiger charge is 2.53. The number of hydrogen-bond donors (Lipinski definition) is 0. The molecule has 2 aromatic rings. The maximum atomic E-state index is 13.1. The number of aryl methyl sites for hydroxylation is 1. The lowest BCUT2D eigenvalue weighted by Crippen LogP contribution is -2.37. The van der Waals surface area contributed by atoms with E-state index in [1.165, 1.54) is 12.1 Å². The molecule has 5 nitrogen and oxygen atoms in total. The van der Waals surface area contributed by atoms with Crippen LogP contribution in [0.3, 0.4) is 0 Å². The van der Waals surface area contributed by atoms with Crippen molar-refractivity contribution in [1.82, 2.24) is 3.71 Å². The largest absolute Gasteiger partial charge is 0.269 e. The Kier molecular flexibility index (Phi) is 4.37. The van der Waals surface area contributed by atoms with Gasteiger partial charge in [-0.3, -0.25) is 4.18 Å². The van der Waals surface area contributed by atoms with E-state index >= 15 is 0 Å². The molecule has 2 atom stereocenters. The minimum Gasteiger partial charge on any atom is -0.269 e. The summed E-state index contributed by atoms with van der Waals surface area (Å²) in [6.07, 6.45) is 0. The normalized spacial score (nSPS) is 24.1. The molecule has 1 aliphatic rings. The van der Waals surface area contributed by atoms with E-state index in [4.69, 9.17) is 4.18 Å². The van der Waals surface area contributed by atoms with E-state index < -0.39 is 32.9 Å². The number of hydrogen-bond acceptors (Lipinski definition) is 4. The van der Waals surface area contributed by atoms with Crippen LogP contribution in [0.25, 0.3) is 0 Å². The Labute approximate surface area is 145 Å². The van der Waals surface area contributed by atoms with Crippen molar-refractivity contribution in [3.8, 4) is 0 Å². The molecular formula is C17H19NO4S2. The molecule has 0 N–H and O–H groups in total. The molecule has 0 spiro atoms. The Morgan fingerprint density at radius 3 is 2.21 bits per heavy atom. The predicted octanol–water partition coefficient (Wildman–Crippen LogP) is 3.11. The molecule has 3 rings (SSSR count). The number of benzene rings is 2. The molecule has 24 heavy (non-hydrogen) atoms. The summed E-state index contributed by atoms with van der Waals surface area (Å²) in [7, 11) is -3.96. The van der Waals surface area contributed by atoms with Crippen molar-refractivity contribution in [1.29, 1.82) is 0 Å². The maximum absolute atomic E-state index is 13.1. The van der Waals surface area contributed by atoms with Gasteiger partial charge < -0.3 is 0 Å². The fourth-order valence-electron chi connectivity index (χ4n) is 2.80. The minimum absolute atomic E-state index is 0.101.